The van der Waals surface area contributed by atoms with E-state index in [1.54, 1.807) is 6.33 Å². The highest BCUT2D eigenvalue weighted by Gasteiger charge is 2.25. The molecular weight excluding hydrogens is 202 g/mol. The lowest BCUT2D eigenvalue weighted by Crippen LogP contribution is -2.36. The van der Waals surface area contributed by atoms with Crippen LogP contribution in [0.4, 0.5) is 0 Å². The summed E-state index contributed by atoms with van der Waals surface area (Å²) >= 11 is 0. The molecule has 1 aliphatic rings. The van der Waals surface area contributed by atoms with Gasteiger partial charge >= 0.3 is 0 Å². The fourth-order valence-electron chi connectivity index (χ4n) is 2.25. The zero-order valence-corrected chi connectivity index (χ0v) is 10.3. The number of nitrogens with zero attached hydrogens (tertiary/aromatic N) is 3. The second kappa shape index (κ2) is 4.93. The Morgan fingerprint density at radius 2 is 2.31 bits per heavy atom. The van der Waals surface area contributed by atoms with Gasteiger partial charge in [0.2, 0.25) is 0 Å². The minimum Gasteiger partial charge on any atom is -0.303 e. The molecule has 2 unspecified atom stereocenters. The molecule has 0 aromatic carbocycles. The SMILES string of the molecule is CC(NC1CCN(C(C)C)C1)c1ncn[nH]1. The second-order valence-corrected chi connectivity index (χ2v) is 4.83. The molecule has 16 heavy (non-hydrogen) atoms. The van der Waals surface area contributed by atoms with Crippen LogP contribution in [0.3, 0.4) is 0 Å². The van der Waals surface area contributed by atoms with Gasteiger partial charge in [0.05, 0.1) is 6.04 Å². The van der Waals surface area contributed by atoms with Crippen molar-refractivity contribution < 1.29 is 0 Å². The normalized spacial score (nSPS) is 24.1. The Hall–Kier alpha value is -0.940. The zero-order chi connectivity index (χ0) is 11.5. The van der Waals surface area contributed by atoms with E-state index in [1.807, 2.05) is 0 Å². The van der Waals surface area contributed by atoms with Gasteiger partial charge < -0.3 is 5.32 Å². The summed E-state index contributed by atoms with van der Waals surface area (Å²) in [6, 6.07) is 1.47. The quantitative estimate of drug-likeness (QED) is 0.797. The maximum atomic E-state index is 4.17. The van der Waals surface area contributed by atoms with Gasteiger partial charge in [-0.15, -0.1) is 0 Å². The van der Waals surface area contributed by atoms with Gasteiger partial charge in [-0.3, -0.25) is 10.00 Å². The summed E-state index contributed by atoms with van der Waals surface area (Å²) in [7, 11) is 0. The Balaban J connectivity index is 1.83. The van der Waals surface area contributed by atoms with Crippen LogP contribution in [-0.4, -0.2) is 45.3 Å². The van der Waals surface area contributed by atoms with Crippen LogP contribution in [0.5, 0.6) is 0 Å². The minimum absolute atomic E-state index is 0.250. The van der Waals surface area contributed by atoms with Crippen molar-refractivity contribution in [2.45, 2.75) is 45.3 Å². The molecule has 1 aromatic heterocycles. The van der Waals surface area contributed by atoms with Gasteiger partial charge in [0.25, 0.3) is 0 Å². The van der Waals surface area contributed by atoms with Crippen LogP contribution in [0.2, 0.25) is 0 Å². The summed E-state index contributed by atoms with van der Waals surface area (Å²) in [4.78, 5) is 6.67. The third-order valence-electron chi connectivity index (χ3n) is 3.28. The smallest absolute Gasteiger partial charge is 0.141 e. The molecule has 2 N–H and O–H groups in total. The third-order valence-corrected chi connectivity index (χ3v) is 3.28. The van der Waals surface area contributed by atoms with Crippen LogP contribution in [0, 0.1) is 0 Å². The molecule has 0 spiro atoms. The standard InChI is InChI=1S/C11H21N5/c1-8(2)16-5-4-10(6-16)14-9(3)11-12-7-13-15-11/h7-10,14H,4-6H2,1-3H3,(H,12,13,15). The highest BCUT2D eigenvalue weighted by Crippen LogP contribution is 2.15. The van der Waals surface area contributed by atoms with Crippen LogP contribution in [0.15, 0.2) is 6.33 Å². The predicted molar refractivity (Wildman–Crippen MR) is 63.0 cm³/mol. The molecule has 2 atom stereocenters. The maximum Gasteiger partial charge on any atom is 0.141 e. The van der Waals surface area contributed by atoms with Gasteiger partial charge in [0.15, 0.2) is 0 Å². The molecule has 2 heterocycles. The molecule has 90 valence electrons. The molecule has 0 amide bonds. The van der Waals surface area contributed by atoms with Crippen molar-refractivity contribution in [3.63, 3.8) is 0 Å². The summed E-state index contributed by atoms with van der Waals surface area (Å²) in [5.74, 6) is 0.919. The van der Waals surface area contributed by atoms with Gasteiger partial charge in [0.1, 0.15) is 12.2 Å². The summed E-state index contributed by atoms with van der Waals surface area (Å²) < 4.78 is 0. The molecule has 0 saturated carbocycles. The molecule has 1 fully saturated rings. The number of aromatic nitrogens is 3. The van der Waals surface area contributed by atoms with E-state index in [1.165, 1.54) is 13.0 Å². The van der Waals surface area contributed by atoms with Crippen LogP contribution in [0.1, 0.15) is 39.1 Å². The Morgan fingerprint density at radius 1 is 1.50 bits per heavy atom. The average molecular weight is 223 g/mol. The van der Waals surface area contributed by atoms with E-state index in [0.717, 1.165) is 12.4 Å². The Labute approximate surface area is 96.6 Å². The van der Waals surface area contributed by atoms with E-state index in [0.29, 0.717) is 12.1 Å². The molecule has 1 aliphatic heterocycles. The lowest BCUT2D eigenvalue weighted by atomic mass is 10.2. The van der Waals surface area contributed by atoms with Crippen molar-refractivity contribution in [1.82, 2.24) is 25.4 Å². The van der Waals surface area contributed by atoms with Crippen LogP contribution in [0.25, 0.3) is 0 Å². The van der Waals surface area contributed by atoms with Crippen LogP contribution >= 0.6 is 0 Å². The first-order valence-electron chi connectivity index (χ1n) is 6.02. The third kappa shape index (κ3) is 2.59. The topological polar surface area (TPSA) is 56.8 Å². The number of aromatic amines is 1. The zero-order valence-electron chi connectivity index (χ0n) is 10.3. The summed E-state index contributed by atoms with van der Waals surface area (Å²) in [6.07, 6.45) is 2.78. The first-order chi connectivity index (χ1) is 7.66. The second-order valence-electron chi connectivity index (χ2n) is 4.83. The molecule has 1 saturated heterocycles. The van der Waals surface area contributed by atoms with E-state index in [4.69, 9.17) is 0 Å². The number of nitrogens with one attached hydrogen (secondary N) is 2. The molecule has 0 bridgehead atoms. The lowest BCUT2D eigenvalue weighted by molar-refractivity contribution is 0.265. The fourth-order valence-corrected chi connectivity index (χ4v) is 2.25. The molecule has 5 heteroatoms. The fraction of sp³-hybridized carbons (Fsp3) is 0.818. The van der Waals surface area contributed by atoms with Gasteiger partial charge in [-0.05, 0) is 33.7 Å². The number of H-pyrrole nitrogens is 1. The van der Waals surface area contributed by atoms with Crippen molar-refractivity contribution >= 4 is 0 Å². The number of likely N-dealkylation sites (tertiary alicyclic amines) is 1. The lowest BCUT2D eigenvalue weighted by Gasteiger charge is -2.21. The summed E-state index contributed by atoms with van der Waals surface area (Å²) in [5, 5.41) is 10.4. The molecule has 1 aromatic rings. The van der Waals surface area contributed by atoms with Crippen molar-refractivity contribution in [3.05, 3.63) is 12.2 Å². The summed E-state index contributed by atoms with van der Waals surface area (Å²) in [6.45, 7) is 8.96. The molecule has 0 radical (unpaired) electrons. The van der Waals surface area contributed by atoms with Crippen molar-refractivity contribution in [3.8, 4) is 0 Å². The largest absolute Gasteiger partial charge is 0.303 e. The molecule has 5 nitrogen and oxygen atoms in total. The van der Waals surface area contributed by atoms with Crippen LogP contribution < -0.4 is 5.32 Å². The van der Waals surface area contributed by atoms with Gasteiger partial charge in [-0.25, -0.2) is 4.98 Å². The van der Waals surface area contributed by atoms with E-state index in [2.05, 4.69) is 46.2 Å². The van der Waals surface area contributed by atoms with E-state index in [9.17, 15) is 0 Å². The number of rotatable bonds is 4. The van der Waals surface area contributed by atoms with Crippen molar-refractivity contribution in [2.24, 2.45) is 0 Å². The highest BCUT2D eigenvalue weighted by atomic mass is 15.2. The first kappa shape index (κ1) is 11.5. The van der Waals surface area contributed by atoms with Gasteiger partial charge in [-0.1, -0.05) is 0 Å². The number of hydrogen-bond acceptors (Lipinski definition) is 4. The van der Waals surface area contributed by atoms with E-state index < -0.39 is 0 Å². The Bertz CT molecular complexity index is 308. The minimum atomic E-state index is 0.250. The van der Waals surface area contributed by atoms with Crippen molar-refractivity contribution in [1.29, 1.82) is 0 Å². The van der Waals surface area contributed by atoms with E-state index in [-0.39, 0.29) is 6.04 Å². The monoisotopic (exact) mass is 223 g/mol. The highest BCUT2D eigenvalue weighted by molar-refractivity contribution is 4.92. The number of hydrogen-bond donors (Lipinski definition) is 2. The Morgan fingerprint density at radius 3 is 2.88 bits per heavy atom. The predicted octanol–water partition coefficient (Wildman–Crippen LogP) is 0.938. The van der Waals surface area contributed by atoms with E-state index >= 15 is 0 Å². The average Bonchev–Trinajstić information content (AvgIpc) is 2.87. The molecule has 0 aliphatic carbocycles. The molecule has 2 rings (SSSR count). The van der Waals surface area contributed by atoms with Crippen LogP contribution in [-0.2, 0) is 0 Å². The van der Waals surface area contributed by atoms with Crippen molar-refractivity contribution in [2.75, 3.05) is 13.1 Å². The maximum absolute atomic E-state index is 4.17. The Kier molecular flexibility index (Phi) is 3.56. The first-order valence-corrected chi connectivity index (χ1v) is 6.02. The van der Waals surface area contributed by atoms with Gasteiger partial charge in [0, 0.05) is 18.6 Å². The summed E-state index contributed by atoms with van der Waals surface area (Å²) in [5.41, 5.74) is 0. The van der Waals surface area contributed by atoms with Gasteiger partial charge in [-0.2, -0.15) is 5.10 Å². The molecular formula is C11H21N5.